The number of benzene rings is 2. The molecule has 0 bridgehead atoms. The van der Waals surface area contributed by atoms with Gasteiger partial charge in [0.05, 0.1) is 13.2 Å². The van der Waals surface area contributed by atoms with Crippen molar-refractivity contribution in [3.63, 3.8) is 0 Å². The third kappa shape index (κ3) is 3.06. The average molecular weight is 366 g/mol. The Balaban J connectivity index is 1.69. The number of nitrogens with two attached hydrogens (primary N) is 2. The fraction of sp³-hybridized carbons (Fsp3) is 0.158. The molecule has 8 heteroatoms. The summed E-state index contributed by atoms with van der Waals surface area (Å²) in [7, 11) is 0. The number of aromatic nitrogens is 2. The summed E-state index contributed by atoms with van der Waals surface area (Å²) in [5, 5.41) is 23.7. The zero-order valence-electron chi connectivity index (χ0n) is 14.3. The summed E-state index contributed by atoms with van der Waals surface area (Å²) in [6.45, 7) is -0.877. The fourth-order valence-corrected chi connectivity index (χ4v) is 2.72. The summed E-state index contributed by atoms with van der Waals surface area (Å²) in [5.41, 5.74) is 13.1. The van der Waals surface area contributed by atoms with Crippen molar-refractivity contribution in [1.82, 2.24) is 10.1 Å². The summed E-state index contributed by atoms with van der Waals surface area (Å²) in [4.78, 5) is 4.42. The smallest absolute Gasteiger partial charge is 0.258 e. The molecule has 2 aromatic carbocycles. The van der Waals surface area contributed by atoms with Crippen molar-refractivity contribution in [2.45, 2.75) is 5.54 Å². The number of aliphatic hydroxyl groups is 2. The van der Waals surface area contributed by atoms with Crippen LogP contribution in [0.25, 0.3) is 33.8 Å². The molecule has 0 unspecified atom stereocenters. The summed E-state index contributed by atoms with van der Waals surface area (Å²) in [6, 6.07) is 14.2. The molecule has 4 aromatic rings. The second-order valence-electron chi connectivity index (χ2n) is 6.38. The molecule has 27 heavy (non-hydrogen) atoms. The Kier molecular flexibility index (Phi) is 4.15. The molecular formula is C19H18N4O4. The number of hydrogen-bond acceptors (Lipinski definition) is 8. The van der Waals surface area contributed by atoms with E-state index in [2.05, 4.69) is 10.1 Å². The Morgan fingerprint density at radius 1 is 0.963 bits per heavy atom. The zero-order chi connectivity index (χ0) is 19.0. The molecule has 0 atom stereocenters. The van der Waals surface area contributed by atoms with Crippen molar-refractivity contribution < 1.29 is 19.2 Å². The van der Waals surface area contributed by atoms with Gasteiger partial charge in [0.15, 0.2) is 0 Å². The minimum absolute atomic E-state index is 0.301. The average Bonchev–Trinajstić information content (AvgIpc) is 3.34. The monoisotopic (exact) mass is 366 g/mol. The van der Waals surface area contributed by atoms with Crippen LogP contribution in [0.5, 0.6) is 0 Å². The minimum atomic E-state index is -1.34. The van der Waals surface area contributed by atoms with E-state index in [0.29, 0.717) is 28.7 Å². The molecule has 0 amide bonds. The van der Waals surface area contributed by atoms with Gasteiger partial charge in [0, 0.05) is 22.2 Å². The quantitative estimate of drug-likeness (QED) is 0.392. The fourth-order valence-electron chi connectivity index (χ4n) is 2.72. The number of furan rings is 1. The SMILES string of the molecule is Nc1ccc(-c2nc(-c3ccc4oc(C(N)(CO)CO)cc4c3)no2)cc1. The Bertz CT molecular complexity index is 1080. The summed E-state index contributed by atoms with van der Waals surface area (Å²) < 4.78 is 11.0. The second kappa shape index (κ2) is 6.51. The predicted molar refractivity (Wildman–Crippen MR) is 99.4 cm³/mol. The lowest BCUT2D eigenvalue weighted by atomic mass is 10.00. The van der Waals surface area contributed by atoms with E-state index in [9.17, 15) is 10.2 Å². The second-order valence-corrected chi connectivity index (χ2v) is 6.38. The van der Waals surface area contributed by atoms with Gasteiger partial charge in [-0.05, 0) is 48.5 Å². The number of fused-ring (bicyclic) bond motifs is 1. The molecule has 0 spiro atoms. The molecule has 4 rings (SSSR count). The first-order valence-corrected chi connectivity index (χ1v) is 8.27. The van der Waals surface area contributed by atoms with Gasteiger partial charge in [0.25, 0.3) is 5.89 Å². The molecule has 0 aliphatic carbocycles. The minimum Gasteiger partial charge on any atom is -0.459 e. The first-order valence-electron chi connectivity index (χ1n) is 8.27. The normalized spacial score (nSPS) is 12.0. The van der Waals surface area contributed by atoms with Crippen LogP contribution < -0.4 is 11.5 Å². The van der Waals surface area contributed by atoms with Crippen molar-refractivity contribution >= 4 is 16.7 Å². The van der Waals surface area contributed by atoms with Gasteiger partial charge in [-0.25, -0.2) is 0 Å². The lowest BCUT2D eigenvalue weighted by Crippen LogP contribution is -2.43. The van der Waals surface area contributed by atoms with Crippen molar-refractivity contribution in [1.29, 1.82) is 0 Å². The van der Waals surface area contributed by atoms with E-state index in [1.165, 1.54) is 0 Å². The van der Waals surface area contributed by atoms with Gasteiger partial charge < -0.3 is 30.6 Å². The summed E-state index contributed by atoms with van der Waals surface area (Å²) >= 11 is 0. The van der Waals surface area contributed by atoms with Crippen LogP contribution in [0.4, 0.5) is 5.69 Å². The number of anilines is 1. The number of rotatable bonds is 5. The Morgan fingerprint density at radius 3 is 2.37 bits per heavy atom. The molecule has 0 radical (unpaired) electrons. The van der Waals surface area contributed by atoms with E-state index in [1.54, 1.807) is 30.3 Å². The highest BCUT2D eigenvalue weighted by molar-refractivity contribution is 5.83. The topological polar surface area (TPSA) is 145 Å². The van der Waals surface area contributed by atoms with Crippen molar-refractivity contribution in [2.24, 2.45) is 5.73 Å². The third-order valence-corrected chi connectivity index (χ3v) is 4.41. The molecule has 2 heterocycles. The van der Waals surface area contributed by atoms with Crippen LogP contribution >= 0.6 is 0 Å². The van der Waals surface area contributed by atoms with E-state index < -0.39 is 18.8 Å². The van der Waals surface area contributed by atoms with Gasteiger partial charge in [0.2, 0.25) is 5.82 Å². The molecule has 2 aromatic heterocycles. The number of nitrogens with zero attached hydrogens (tertiary/aromatic N) is 2. The molecular weight excluding hydrogens is 348 g/mol. The van der Waals surface area contributed by atoms with Crippen molar-refractivity contribution in [3.8, 4) is 22.8 Å². The third-order valence-electron chi connectivity index (χ3n) is 4.41. The van der Waals surface area contributed by atoms with Crippen molar-refractivity contribution in [3.05, 3.63) is 54.3 Å². The van der Waals surface area contributed by atoms with E-state index in [4.69, 9.17) is 20.4 Å². The van der Waals surface area contributed by atoms with Gasteiger partial charge in [-0.15, -0.1) is 0 Å². The molecule has 8 nitrogen and oxygen atoms in total. The maximum Gasteiger partial charge on any atom is 0.258 e. The van der Waals surface area contributed by atoms with E-state index in [-0.39, 0.29) is 0 Å². The summed E-state index contributed by atoms with van der Waals surface area (Å²) in [6.07, 6.45) is 0. The predicted octanol–water partition coefficient (Wildman–Crippen LogP) is 1.87. The highest BCUT2D eigenvalue weighted by Gasteiger charge is 2.30. The Morgan fingerprint density at radius 2 is 1.67 bits per heavy atom. The van der Waals surface area contributed by atoms with Crippen LogP contribution in [0.3, 0.4) is 0 Å². The number of hydrogen-bond donors (Lipinski definition) is 4. The van der Waals surface area contributed by atoms with Crippen LogP contribution in [0, 0.1) is 0 Å². The number of aliphatic hydroxyl groups excluding tert-OH is 2. The molecule has 0 fully saturated rings. The zero-order valence-corrected chi connectivity index (χ0v) is 14.3. The van der Waals surface area contributed by atoms with Crippen LogP contribution in [0.1, 0.15) is 5.76 Å². The molecule has 138 valence electrons. The van der Waals surface area contributed by atoms with Gasteiger partial charge >= 0.3 is 0 Å². The van der Waals surface area contributed by atoms with Gasteiger partial charge in [-0.3, -0.25) is 0 Å². The van der Waals surface area contributed by atoms with Crippen LogP contribution in [-0.2, 0) is 5.54 Å². The van der Waals surface area contributed by atoms with Crippen LogP contribution in [0.2, 0.25) is 0 Å². The number of nitrogen functional groups attached to an aromatic ring is 1. The maximum atomic E-state index is 9.44. The first kappa shape index (κ1) is 17.2. The standard InChI is InChI=1S/C19H18N4O4/c20-14-4-1-11(2-5-14)18-22-17(23-27-18)12-3-6-15-13(7-12)8-16(26-15)19(21,9-24)10-25/h1-8,24-25H,9-10,20-21H2. The molecule has 6 N–H and O–H groups in total. The van der Waals surface area contributed by atoms with E-state index in [0.717, 1.165) is 16.5 Å². The highest BCUT2D eigenvalue weighted by Crippen LogP contribution is 2.30. The van der Waals surface area contributed by atoms with Gasteiger partial charge in [-0.1, -0.05) is 5.16 Å². The molecule has 0 aliphatic rings. The highest BCUT2D eigenvalue weighted by atomic mass is 16.5. The van der Waals surface area contributed by atoms with Gasteiger partial charge in [0.1, 0.15) is 16.9 Å². The van der Waals surface area contributed by atoms with Gasteiger partial charge in [-0.2, -0.15) is 4.98 Å². The maximum absolute atomic E-state index is 9.44. The van der Waals surface area contributed by atoms with Crippen LogP contribution in [-0.4, -0.2) is 33.6 Å². The molecule has 0 saturated heterocycles. The van der Waals surface area contributed by atoms with E-state index in [1.807, 2.05) is 18.2 Å². The largest absolute Gasteiger partial charge is 0.459 e. The lowest BCUT2D eigenvalue weighted by Gasteiger charge is -2.21. The van der Waals surface area contributed by atoms with Crippen LogP contribution in [0.15, 0.2) is 57.5 Å². The molecule has 0 aliphatic heterocycles. The van der Waals surface area contributed by atoms with E-state index >= 15 is 0 Å². The summed E-state index contributed by atoms with van der Waals surface area (Å²) in [5.74, 6) is 1.12. The van der Waals surface area contributed by atoms with Crippen molar-refractivity contribution in [2.75, 3.05) is 18.9 Å². The first-order chi connectivity index (χ1) is 13.0. The lowest BCUT2D eigenvalue weighted by molar-refractivity contribution is 0.105. The Labute approximate surface area is 154 Å². The Hall–Kier alpha value is -3.20. The molecule has 0 saturated carbocycles.